The zero-order valence-corrected chi connectivity index (χ0v) is 13.8. The molecule has 0 saturated carbocycles. The van der Waals surface area contributed by atoms with E-state index in [2.05, 4.69) is 69.4 Å². The summed E-state index contributed by atoms with van der Waals surface area (Å²) in [7, 11) is 1.98. The number of nitrogens with one attached hydrogen (secondary N) is 1. The zero-order chi connectivity index (χ0) is 14.5. The van der Waals surface area contributed by atoms with Crippen molar-refractivity contribution in [2.75, 3.05) is 13.6 Å². The van der Waals surface area contributed by atoms with Crippen LogP contribution < -0.4 is 5.32 Å². The fourth-order valence-corrected chi connectivity index (χ4v) is 2.80. The zero-order valence-electron chi connectivity index (χ0n) is 12.2. The normalized spacial score (nSPS) is 12.8. The topological polar surface area (TPSA) is 42.7 Å². The molecule has 20 heavy (non-hydrogen) atoms. The maximum Gasteiger partial charge on any atom is 0.138 e. The smallest absolute Gasteiger partial charge is 0.138 e. The summed E-state index contributed by atoms with van der Waals surface area (Å²) in [5, 5.41) is 7.59. The van der Waals surface area contributed by atoms with Gasteiger partial charge in [-0.05, 0) is 38.6 Å². The third-order valence-electron chi connectivity index (χ3n) is 3.34. The van der Waals surface area contributed by atoms with Gasteiger partial charge in [-0.15, -0.1) is 0 Å². The molecule has 2 aromatic rings. The molecule has 0 fully saturated rings. The second-order valence-electron chi connectivity index (χ2n) is 5.23. The van der Waals surface area contributed by atoms with E-state index in [-0.39, 0.29) is 0 Å². The summed E-state index contributed by atoms with van der Waals surface area (Å²) < 4.78 is 3.11. The standard InChI is InChI=1S/C15H21BrN4/c1-11(2)20-15(18-10-19-20)8-13(9-17-3)12-5-4-6-14(16)7-12/h4-7,10-11,13,17H,8-9H2,1-3H3. The molecule has 108 valence electrons. The second-order valence-corrected chi connectivity index (χ2v) is 6.14. The van der Waals surface area contributed by atoms with Gasteiger partial charge < -0.3 is 5.32 Å². The fraction of sp³-hybridized carbons (Fsp3) is 0.467. The minimum atomic E-state index is 0.338. The van der Waals surface area contributed by atoms with E-state index in [1.54, 1.807) is 6.33 Å². The lowest BCUT2D eigenvalue weighted by Gasteiger charge is -2.18. The number of nitrogens with zero attached hydrogens (tertiary/aromatic N) is 3. The third-order valence-corrected chi connectivity index (χ3v) is 3.83. The Labute approximate surface area is 128 Å². The molecular weight excluding hydrogens is 316 g/mol. The SMILES string of the molecule is CNCC(Cc1ncnn1C(C)C)c1cccc(Br)c1. The van der Waals surface area contributed by atoms with Crippen molar-refractivity contribution >= 4 is 15.9 Å². The van der Waals surface area contributed by atoms with E-state index in [1.165, 1.54) is 5.56 Å². The van der Waals surface area contributed by atoms with Crippen molar-refractivity contribution in [1.29, 1.82) is 0 Å². The molecule has 4 nitrogen and oxygen atoms in total. The van der Waals surface area contributed by atoms with Crippen LogP contribution in [0, 0.1) is 0 Å². The van der Waals surface area contributed by atoms with Gasteiger partial charge in [0.2, 0.25) is 0 Å². The van der Waals surface area contributed by atoms with Gasteiger partial charge in [-0.3, -0.25) is 0 Å². The average molecular weight is 337 g/mol. The summed E-state index contributed by atoms with van der Waals surface area (Å²) in [5.41, 5.74) is 1.31. The fourth-order valence-electron chi connectivity index (χ4n) is 2.39. The number of halogens is 1. The number of benzene rings is 1. The van der Waals surface area contributed by atoms with Crippen LogP contribution in [0.5, 0.6) is 0 Å². The van der Waals surface area contributed by atoms with E-state index < -0.39 is 0 Å². The molecule has 1 N–H and O–H groups in total. The van der Waals surface area contributed by atoms with Gasteiger partial charge in [-0.25, -0.2) is 9.67 Å². The summed E-state index contributed by atoms with van der Waals surface area (Å²) >= 11 is 3.54. The van der Waals surface area contributed by atoms with E-state index in [0.29, 0.717) is 12.0 Å². The summed E-state index contributed by atoms with van der Waals surface area (Å²) in [6.07, 6.45) is 2.53. The van der Waals surface area contributed by atoms with Crippen molar-refractivity contribution in [3.63, 3.8) is 0 Å². The molecule has 1 heterocycles. The second kappa shape index (κ2) is 6.99. The van der Waals surface area contributed by atoms with Gasteiger partial charge in [0, 0.05) is 29.4 Å². The van der Waals surface area contributed by atoms with E-state index in [1.807, 2.05) is 11.7 Å². The molecule has 0 radical (unpaired) electrons. The van der Waals surface area contributed by atoms with Crippen LogP contribution in [-0.4, -0.2) is 28.4 Å². The molecule has 1 aromatic heterocycles. The van der Waals surface area contributed by atoms with E-state index in [9.17, 15) is 0 Å². The summed E-state index contributed by atoms with van der Waals surface area (Å²) in [6, 6.07) is 8.82. The molecule has 0 spiro atoms. The molecular formula is C15H21BrN4. The molecule has 0 aliphatic heterocycles. The average Bonchev–Trinajstić information content (AvgIpc) is 2.86. The number of aromatic nitrogens is 3. The van der Waals surface area contributed by atoms with Gasteiger partial charge in [0.25, 0.3) is 0 Å². The van der Waals surface area contributed by atoms with Crippen molar-refractivity contribution in [2.24, 2.45) is 0 Å². The molecule has 0 amide bonds. The first-order valence-corrected chi connectivity index (χ1v) is 7.69. The van der Waals surface area contributed by atoms with Gasteiger partial charge in [-0.1, -0.05) is 28.1 Å². The Morgan fingerprint density at radius 2 is 2.15 bits per heavy atom. The summed E-state index contributed by atoms with van der Waals surface area (Å²) in [6.45, 7) is 5.18. The maximum absolute atomic E-state index is 4.42. The Morgan fingerprint density at radius 3 is 2.80 bits per heavy atom. The largest absolute Gasteiger partial charge is 0.319 e. The van der Waals surface area contributed by atoms with Crippen molar-refractivity contribution in [1.82, 2.24) is 20.1 Å². The molecule has 0 bridgehead atoms. The highest BCUT2D eigenvalue weighted by atomic mass is 79.9. The number of hydrogen-bond acceptors (Lipinski definition) is 3. The lowest BCUT2D eigenvalue weighted by molar-refractivity contribution is 0.487. The molecule has 1 atom stereocenters. The Bertz CT molecular complexity index is 550. The Morgan fingerprint density at radius 1 is 1.35 bits per heavy atom. The molecule has 1 aromatic carbocycles. The highest BCUT2D eigenvalue weighted by molar-refractivity contribution is 9.10. The first-order chi connectivity index (χ1) is 9.61. The number of hydrogen-bond donors (Lipinski definition) is 1. The summed E-state index contributed by atoms with van der Waals surface area (Å²) in [5.74, 6) is 1.43. The van der Waals surface area contributed by atoms with Crippen molar-refractivity contribution in [3.05, 3.63) is 46.5 Å². The molecule has 0 aliphatic rings. The first kappa shape index (κ1) is 15.2. The van der Waals surface area contributed by atoms with Crippen molar-refractivity contribution in [3.8, 4) is 0 Å². The van der Waals surface area contributed by atoms with Crippen LogP contribution in [0.25, 0.3) is 0 Å². The van der Waals surface area contributed by atoms with Crippen molar-refractivity contribution < 1.29 is 0 Å². The molecule has 0 aliphatic carbocycles. The predicted octanol–water partition coefficient (Wildman–Crippen LogP) is 3.17. The third kappa shape index (κ3) is 3.67. The van der Waals surface area contributed by atoms with Crippen LogP contribution in [0.1, 0.15) is 37.2 Å². The predicted molar refractivity (Wildman–Crippen MR) is 84.9 cm³/mol. The molecule has 1 unspecified atom stereocenters. The number of rotatable bonds is 6. The maximum atomic E-state index is 4.42. The number of likely N-dealkylation sites (N-methyl/N-ethyl adjacent to an activating group) is 1. The van der Waals surface area contributed by atoms with E-state index in [0.717, 1.165) is 23.3 Å². The highest BCUT2D eigenvalue weighted by Crippen LogP contribution is 2.23. The Balaban J connectivity index is 2.23. The van der Waals surface area contributed by atoms with Crippen LogP contribution >= 0.6 is 15.9 Å². The van der Waals surface area contributed by atoms with Crippen molar-refractivity contribution in [2.45, 2.75) is 32.2 Å². The minimum absolute atomic E-state index is 0.338. The lowest BCUT2D eigenvalue weighted by atomic mass is 9.95. The van der Waals surface area contributed by atoms with Gasteiger partial charge in [0.15, 0.2) is 0 Å². The quantitative estimate of drug-likeness (QED) is 0.880. The van der Waals surface area contributed by atoms with Gasteiger partial charge in [0.05, 0.1) is 0 Å². The summed E-state index contributed by atoms with van der Waals surface area (Å²) in [4.78, 5) is 4.42. The van der Waals surface area contributed by atoms with Crippen LogP contribution in [0.4, 0.5) is 0 Å². The first-order valence-electron chi connectivity index (χ1n) is 6.90. The van der Waals surface area contributed by atoms with E-state index >= 15 is 0 Å². The van der Waals surface area contributed by atoms with Crippen LogP contribution in [-0.2, 0) is 6.42 Å². The highest BCUT2D eigenvalue weighted by Gasteiger charge is 2.16. The molecule has 2 rings (SSSR count). The Hall–Kier alpha value is -1.20. The van der Waals surface area contributed by atoms with Gasteiger partial charge in [-0.2, -0.15) is 5.10 Å². The molecule has 5 heteroatoms. The van der Waals surface area contributed by atoms with Gasteiger partial charge >= 0.3 is 0 Å². The lowest BCUT2D eigenvalue weighted by Crippen LogP contribution is -2.21. The minimum Gasteiger partial charge on any atom is -0.319 e. The van der Waals surface area contributed by atoms with Crippen LogP contribution in [0.2, 0.25) is 0 Å². The Kier molecular flexibility index (Phi) is 5.31. The van der Waals surface area contributed by atoms with E-state index in [4.69, 9.17) is 0 Å². The molecule has 0 saturated heterocycles. The van der Waals surface area contributed by atoms with Crippen LogP contribution in [0.15, 0.2) is 35.1 Å². The van der Waals surface area contributed by atoms with Crippen LogP contribution in [0.3, 0.4) is 0 Å². The van der Waals surface area contributed by atoms with Gasteiger partial charge in [0.1, 0.15) is 12.2 Å². The monoisotopic (exact) mass is 336 g/mol.